The minimum absolute atomic E-state index is 0.0669. The predicted molar refractivity (Wildman–Crippen MR) is 109 cm³/mol. The van der Waals surface area contributed by atoms with E-state index in [2.05, 4.69) is 5.32 Å². The van der Waals surface area contributed by atoms with E-state index < -0.39 is 23.7 Å². The van der Waals surface area contributed by atoms with E-state index in [1.54, 1.807) is 37.3 Å². The summed E-state index contributed by atoms with van der Waals surface area (Å²) < 4.78 is 5.13. The second-order valence-electron chi connectivity index (χ2n) is 6.55. The molecule has 2 N–H and O–H groups in total. The zero-order valence-electron chi connectivity index (χ0n) is 15.7. The van der Waals surface area contributed by atoms with E-state index in [0.717, 1.165) is 5.56 Å². The fraction of sp³-hybridized carbons (Fsp3) is 0.286. The fourth-order valence-electron chi connectivity index (χ4n) is 3.46. The molecule has 28 heavy (non-hydrogen) atoms. The van der Waals surface area contributed by atoms with E-state index >= 15 is 0 Å². The summed E-state index contributed by atoms with van der Waals surface area (Å²) in [4.78, 5) is 27.5. The van der Waals surface area contributed by atoms with Crippen molar-refractivity contribution in [3.05, 3.63) is 71.8 Å². The van der Waals surface area contributed by atoms with Gasteiger partial charge in [-0.1, -0.05) is 60.7 Å². The molecule has 0 aromatic heterocycles. The molecule has 1 saturated heterocycles. The van der Waals surface area contributed by atoms with Crippen LogP contribution in [-0.2, 0) is 9.53 Å². The third kappa shape index (κ3) is 3.39. The first-order chi connectivity index (χ1) is 13.4. The van der Waals surface area contributed by atoms with Gasteiger partial charge >= 0.3 is 5.97 Å². The van der Waals surface area contributed by atoms with Gasteiger partial charge in [0.1, 0.15) is 5.92 Å². The van der Waals surface area contributed by atoms with Gasteiger partial charge in [-0.05, 0) is 24.7 Å². The molecule has 0 bridgehead atoms. The van der Waals surface area contributed by atoms with Gasteiger partial charge in [-0.3, -0.25) is 4.79 Å². The number of nitrogens with zero attached hydrogens (tertiary/aromatic N) is 1. The molecule has 146 valence electrons. The number of Topliss-reactive ketones (excluding diaryl/α,β-unsaturated/α-hetero) is 1. The van der Waals surface area contributed by atoms with Crippen molar-refractivity contribution in [1.29, 1.82) is 0 Å². The Balaban J connectivity index is 2.17. The second-order valence-corrected chi connectivity index (χ2v) is 6.94. The van der Waals surface area contributed by atoms with Crippen LogP contribution in [0.4, 0.5) is 0 Å². The van der Waals surface area contributed by atoms with Crippen LogP contribution in [0.3, 0.4) is 0 Å². The minimum Gasteiger partial charge on any atom is -0.462 e. The molecule has 7 heteroatoms. The van der Waals surface area contributed by atoms with Crippen molar-refractivity contribution >= 4 is 29.1 Å². The highest BCUT2D eigenvalue weighted by molar-refractivity contribution is 7.80. The molecule has 1 aliphatic heterocycles. The van der Waals surface area contributed by atoms with Crippen LogP contribution in [0, 0.1) is 5.92 Å². The Hall–Kier alpha value is -2.77. The molecule has 0 aliphatic carbocycles. The molecule has 3 atom stereocenters. The minimum atomic E-state index is -2.24. The Morgan fingerprint density at radius 1 is 1.14 bits per heavy atom. The first-order valence-electron chi connectivity index (χ1n) is 8.99. The summed E-state index contributed by atoms with van der Waals surface area (Å²) in [5, 5.41) is 14.8. The smallest absolute Gasteiger partial charge is 0.360 e. The van der Waals surface area contributed by atoms with Gasteiger partial charge in [0.05, 0.1) is 12.6 Å². The number of likely N-dealkylation sites (N-methyl/N-ethyl adjacent to an activating group) is 1. The molecule has 0 saturated carbocycles. The molecule has 0 spiro atoms. The molecule has 6 nitrogen and oxygen atoms in total. The van der Waals surface area contributed by atoms with Crippen molar-refractivity contribution in [3.63, 3.8) is 0 Å². The number of thiocarbonyl (C=S) groups is 1. The number of aliphatic hydroxyl groups is 1. The lowest BCUT2D eigenvalue weighted by Crippen LogP contribution is -2.70. The van der Waals surface area contributed by atoms with Crippen LogP contribution < -0.4 is 5.32 Å². The number of hydrogen-bond donors (Lipinski definition) is 2. The van der Waals surface area contributed by atoms with Gasteiger partial charge in [-0.25, -0.2) is 4.79 Å². The van der Waals surface area contributed by atoms with Crippen molar-refractivity contribution < 1.29 is 19.4 Å². The number of hydrogen-bond acceptors (Lipinski definition) is 5. The number of ether oxygens (including phenoxy) is 1. The maximum Gasteiger partial charge on any atom is 0.360 e. The monoisotopic (exact) mass is 398 g/mol. The first-order valence-corrected chi connectivity index (χ1v) is 9.40. The first kappa shape index (κ1) is 20.0. The molecule has 0 amide bonds. The van der Waals surface area contributed by atoms with E-state index in [1.165, 1.54) is 11.9 Å². The standard InChI is InChI=1S/C21H22N2O4S/c1-3-27-19(25)21(26)16(18(24)15-12-8-5-9-13-15)17(22-20(28)23(21)2)14-10-6-4-7-11-14/h4-13,16-17,26H,3H2,1-2H3,(H,22,28)/t16-,17+,21-/m1/s1. The maximum atomic E-state index is 13.5. The molecule has 1 aliphatic rings. The van der Waals surface area contributed by atoms with Gasteiger partial charge in [-0.2, -0.15) is 0 Å². The average Bonchev–Trinajstić information content (AvgIpc) is 2.72. The van der Waals surface area contributed by atoms with Crippen molar-refractivity contribution in [2.45, 2.75) is 18.7 Å². The summed E-state index contributed by atoms with van der Waals surface area (Å²) in [5.74, 6) is -2.46. The molecule has 0 unspecified atom stereocenters. The van der Waals surface area contributed by atoms with Gasteiger partial charge in [0.25, 0.3) is 5.72 Å². The zero-order valence-corrected chi connectivity index (χ0v) is 16.5. The van der Waals surface area contributed by atoms with Crippen molar-refractivity contribution in [2.24, 2.45) is 5.92 Å². The van der Waals surface area contributed by atoms with Crippen LogP contribution in [0.2, 0.25) is 0 Å². The molecule has 2 aromatic carbocycles. The van der Waals surface area contributed by atoms with Crippen LogP contribution in [0.1, 0.15) is 28.9 Å². The number of carbonyl (C=O) groups is 2. The summed E-state index contributed by atoms with van der Waals surface area (Å²) in [6, 6.07) is 17.0. The lowest BCUT2D eigenvalue weighted by atomic mass is 9.77. The maximum absolute atomic E-state index is 13.5. The number of ketones is 1. The largest absolute Gasteiger partial charge is 0.462 e. The van der Waals surface area contributed by atoms with Crippen LogP contribution in [0.5, 0.6) is 0 Å². The molecule has 1 heterocycles. The lowest BCUT2D eigenvalue weighted by molar-refractivity contribution is -0.191. The Labute approximate surface area is 169 Å². The topological polar surface area (TPSA) is 78.9 Å². The normalized spacial score (nSPS) is 24.4. The number of rotatable bonds is 5. The summed E-state index contributed by atoms with van der Waals surface area (Å²) >= 11 is 5.35. The van der Waals surface area contributed by atoms with Gasteiger partial charge in [0.2, 0.25) is 0 Å². The summed E-state index contributed by atoms with van der Waals surface area (Å²) in [7, 11) is 1.47. The van der Waals surface area contributed by atoms with Crippen LogP contribution in [0.25, 0.3) is 0 Å². The van der Waals surface area contributed by atoms with E-state index in [-0.39, 0.29) is 17.5 Å². The van der Waals surface area contributed by atoms with E-state index in [4.69, 9.17) is 17.0 Å². The number of carbonyl (C=O) groups excluding carboxylic acids is 2. The summed E-state index contributed by atoms with van der Waals surface area (Å²) in [6.45, 7) is 1.71. The van der Waals surface area contributed by atoms with Crippen molar-refractivity contribution in [1.82, 2.24) is 10.2 Å². The van der Waals surface area contributed by atoms with Crippen molar-refractivity contribution in [2.75, 3.05) is 13.7 Å². The number of esters is 1. The lowest BCUT2D eigenvalue weighted by Gasteiger charge is -2.49. The highest BCUT2D eigenvalue weighted by atomic mass is 32.1. The van der Waals surface area contributed by atoms with E-state index in [1.807, 2.05) is 30.3 Å². The molecule has 1 fully saturated rings. The highest BCUT2D eigenvalue weighted by Gasteiger charge is 2.59. The molecular formula is C21H22N2O4S. The molecule has 3 rings (SSSR count). The van der Waals surface area contributed by atoms with E-state index in [9.17, 15) is 14.7 Å². The fourth-order valence-corrected chi connectivity index (χ4v) is 3.73. The van der Waals surface area contributed by atoms with Gasteiger partial charge in [0, 0.05) is 12.6 Å². The van der Waals surface area contributed by atoms with Gasteiger partial charge in [0.15, 0.2) is 10.9 Å². The third-order valence-electron chi connectivity index (χ3n) is 4.94. The van der Waals surface area contributed by atoms with Crippen molar-refractivity contribution in [3.8, 4) is 0 Å². The summed E-state index contributed by atoms with van der Waals surface area (Å²) in [6.07, 6.45) is 0. The van der Waals surface area contributed by atoms with E-state index in [0.29, 0.717) is 5.56 Å². The Kier molecular flexibility index (Phi) is 5.76. The molecular weight excluding hydrogens is 376 g/mol. The van der Waals surface area contributed by atoms with Crippen LogP contribution in [0.15, 0.2) is 60.7 Å². The molecule has 2 aromatic rings. The number of nitrogens with one attached hydrogen (secondary N) is 1. The Bertz CT molecular complexity index is 874. The SMILES string of the molecule is CCOC(=O)[C@]1(O)[C@@H](C(=O)c2ccccc2)[C@H](c2ccccc2)NC(=S)N1C. The third-order valence-corrected chi connectivity index (χ3v) is 5.33. The molecule has 0 radical (unpaired) electrons. The summed E-state index contributed by atoms with van der Waals surface area (Å²) in [5.41, 5.74) is -1.12. The van der Waals surface area contributed by atoms with Crippen LogP contribution >= 0.6 is 12.2 Å². The zero-order chi connectivity index (χ0) is 20.3. The Morgan fingerprint density at radius 2 is 1.71 bits per heavy atom. The van der Waals surface area contributed by atoms with Gasteiger partial charge < -0.3 is 20.1 Å². The number of benzene rings is 2. The second kappa shape index (κ2) is 8.08. The quantitative estimate of drug-likeness (QED) is 0.455. The van der Waals surface area contributed by atoms with Crippen LogP contribution in [-0.4, -0.2) is 46.3 Å². The predicted octanol–water partition coefficient (Wildman–Crippen LogP) is 2.30. The average molecular weight is 398 g/mol. The van der Waals surface area contributed by atoms with Gasteiger partial charge in [-0.15, -0.1) is 0 Å². The highest BCUT2D eigenvalue weighted by Crippen LogP contribution is 2.40. The Morgan fingerprint density at radius 3 is 2.29 bits per heavy atom.